The van der Waals surface area contributed by atoms with E-state index in [1.165, 1.54) is 0 Å². The van der Waals surface area contributed by atoms with Gasteiger partial charge in [0.2, 0.25) is 0 Å². The average Bonchev–Trinajstić information content (AvgIpc) is 2.44. The van der Waals surface area contributed by atoms with Crippen LogP contribution in [0.1, 0.15) is 12.8 Å². The predicted molar refractivity (Wildman–Crippen MR) is 119 cm³/mol. The number of carboxylic acids is 1. The van der Waals surface area contributed by atoms with Crippen LogP contribution >= 0.6 is 67.8 Å². The molecule has 9 heteroatoms. The summed E-state index contributed by atoms with van der Waals surface area (Å²) in [6.07, 6.45) is 2.92. The number of benzene rings is 1. The van der Waals surface area contributed by atoms with Crippen LogP contribution in [0.15, 0.2) is 45.3 Å². The van der Waals surface area contributed by atoms with E-state index in [1.807, 2.05) is 6.08 Å². The number of phenolic OH excluding ortho intramolecular Hbond substituents is 1. The Morgan fingerprint density at radius 3 is 2.42 bits per heavy atom. The van der Waals surface area contributed by atoms with Crippen molar-refractivity contribution in [2.75, 3.05) is 0 Å². The van der Waals surface area contributed by atoms with Crippen molar-refractivity contribution in [1.29, 1.82) is 0 Å². The molecule has 1 atom stereocenters. The fourth-order valence-corrected chi connectivity index (χ4v) is 5.92. The van der Waals surface area contributed by atoms with Crippen LogP contribution < -0.4 is 10.5 Å². The molecule has 1 aliphatic carbocycles. The van der Waals surface area contributed by atoms with Crippen molar-refractivity contribution in [3.63, 3.8) is 0 Å². The molecule has 0 unspecified atom stereocenters. The van der Waals surface area contributed by atoms with E-state index < -0.39 is 12.0 Å². The van der Waals surface area contributed by atoms with Crippen molar-refractivity contribution in [3.05, 3.63) is 45.3 Å². The fraction of sp³-hybridized carbons (Fsp3) is 0.267. The molecular weight excluding hydrogens is 662 g/mol. The Bertz CT molecular complexity index is 674. The van der Waals surface area contributed by atoms with Gasteiger partial charge in [0.1, 0.15) is 24.7 Å². The molecule has 1 aliphatic rings. The second kappa shape index (κ2) is 9.74. The predicted octanol–water partition coefficient (Wildman–Crippen LogP) is 3.74. The minimum Gasteiger partial charge on any atom is -0.508 e. The SMILES string of the molecule is N[C@@H](CC1=CC(I)=C(Oc2ccc(O)cc2)C(I)(I)C1)C(=O)O.[Na]. The summed E-state index contributed by atoms with van der Waals surface area (Å²) in [7, 11) is 0. The number of hydrogen-bond donors (Lipinski definition) is 3. The molecule has 0 saturated heterocycles. The number of aliphatic carboxylic acids is 1. The van der Waals surface area contributed by atoms with Gasteiger partial charge in [0.05, 0.1) is 3.58 Å². The molecule has 0 saturated carbocycles. The number of nitrogens with two attached hydrogens (primary N) is 1. The number of alkyl halides is 2. The molecule has 4 N–H and O–H groups in total. The topological polar surface area (TPSA) is 92.8 Å². The number of rotatable bonds is 5. The minimum absolute atomic E-state index is 0. The zero-order valence-corrected chi connectivity index (χ0v) is 21.3. The standard InChI is InChI=1S/C15H14I3NO4.Na/c16-11-5-8(6-12(19)14(21)22)7-15(17,18)13(11)23-10-3-1-9(20)2-4-10;/h1-5,12,20H,6-7,19H2,(H,21,22);/t12-;/m0./s1. The summed E-state index contributed by atoms with van der Waals surface area (Å²) in [5.41, 5.74) is 6.63. The maximum Gasteiger partial charge on any atom is 0.320 e. The molecule has 1 radical (unpaired) electrons. The van der Waals surface area contributed by atoms with Gasteiger partial charge in [-0.15, -0.1) is 0 Å². The van der Waals surface area contributed by atoms with E-state index in [9.17, 15) is 9.90 Å². The van der Waals surface area contributed by atoms with Crippen LogP contribution in [0.25, 0.3) is 0 Å². The number of ether oxygens (including phenoxy) is 1. The van der Waals surface area contributed by atoms with E-state index in [0.717, 1.165) is 14.9 Å². The molecule has 0 aliphatic heterocycles. The molecule has 0 heterocycles. The molecule has 0 aromatic heterocycles. The molecule has 5 nitrogen and oxygen atoms in total. The second-order valence-electron chi connectivity index (χ2n) is 5.11. The number of phenols is 1. The van der Waals surface area contributed by atoms with Crippen molar-refractivity contribution in [2.45, 2.75) is 20.3 Å². The normalized spacial score (nSPS) is 17.6. The molecule has 0 spiro atoms. The maximum absolute atomic E-state index is 10.9. The number of aromatic hydroxyl groups is 1. The van der Waals surface area contributed by atoms with E-state index >= 15 is 0 Å². The molecule has 0 bridgehead atoms. The first kappa shape index (κ1) is 23.0. The first-order valence-electron chi connectivity index (χ1n) is 6.62. The Kier molecular flexibility index (Phi) is 9.32. The van der Waals surface area contributed by atoms with E-state index in [2.05, 4.69) is 67.8 Å². The summed E-state index contributed by atoms with van der Waals surface area (Å²) in [4.78, 5) is 10.9. The van der Waals surface area contributed by atoms with E-state index in [0.29, 0.717) is 18.6 Å². The van der Waals surface area contributed by atoms with Crippen LogP contribution in [-0.4, -0.2) is 53.2 Å². The molecule has 2 rings (SSSR count). The van der Waals surface area contributed by atoms with Gasteiger partial charge >= 0.3 is 5.97 Å². The summed E-state index contributed by atoms with van der Waals surface area (Å²) in [5, 5.41) is 18.3. The Balaban J connectivity index is 0.00000288. The van der Waals surface area contributed by atoms with Gasteiger partial charge in [-0.1, -0.05) is 50.8 Å². The third-order valence-corrected chi connectivity index (χ3v) is 5.73. The van der Waals surface area contributed by atoms with Crippen LogP contribution in [-0.2, 0) is 4.79 Å². The molecular formula is C15H14I3NNaO4. The third-order valence-electron chi connectivity index (χ3n) is 3.18. The van der Waals surface area contributed by atoms with Crippen molar-refractivity contribution in [3.8, 4) is 11.5 Å². The summed E-state index contributed by atoms with van der Waals surface area (Å²) in [6, 6.07) is 5.65. The number of allylic oxidation sites excluding steroid dienone is 3. The molecule has 1 aromatic carbocycles. The minimum atomic E-state index is -0.997. The van der Waals surface area contributed by atoms with Crippen molar-refractivity contribution < 1.29 is 19.7 Å². The van der Waals surface area contributed by atoms with Gasteiger partial charge in [-0.2, -0.15) is 0 Å². The zero-order chi connectivity index (χ0) is 17.2. The number of carboxylic acid groups (broad SMARTS) is 1. The van der Waals surface area contributed by atoms with E-state index in [1.54, 1.807) is 24.3 Å². The largest absolute Gasteiger partial charge is 0.508 e. The van der Waals surface area contributed by atoms with Crippen molar-refractivity contribution in [1.82, 2.24) is 0 Å². The first-order chi connectivity index (χ1) is 10.7. The van der Waals surface area contributed by atoms with Crippen LogP contribution in [0, 0.1) is 0 Å². The number of carbonyl (C=O) groups is 1. The van der Waals surface area contributed by atoms with Crippen molar-refractivity contribution >= 4 is 103 Å². The van der Waals surface area contributed by atoms with Crippen LogP contribution in [0.4, 0.5) is 0 Å². The average molecular weight is 676 g/mol. The first-order valence-corrected chi connectivity index (χ1v) is 9.85. The number of hydrogen-bond acceptors (Lipinski definition) is 4. The van der Waals surface area contributed by atoms with Crippen LogP contribution in [0.2, 0.25) is 0 Å². The quantitative estimate of drug-likeness (QED) is 0.252. The maximum atomic E-state index is 10.9. The molecule has 24 heavy (non-hydrogen) atoms. The van der Waals surface area contributed by atoms with Gasteiger partial charge in [0.25, 0.3) is 0 Å². The fourth-order valence-electron chi connectivity index (χ4n) is 2.09. The van der Waals surface area contributed by atoms with Gasteiger partial charge in [0, 0.05) is 29.6 Å². The zero-order valence-electron chi connectivity index (χ0n) is 12.8. The summed E-state index contributed by atoms with van der Waals surface area (Å²) in [5.74, 6) is 0.634. The van der Waals surface area contributed by atoms with E-state index in [-0.39, 0.29) is 36.7 Å². The van der Waals surface area contributed by atoms with Crippen molar-refractivity contribution in [2.24, 2.45) is 5.73 Å². The monoisotopic (exact) mass is 676 g/mol. The Hall–Kier alpha value is 0.920. The smallest absolute Gasteiger partial charge is 0.320 e. The Labute approximate surface area is 203 Å². The Morgan fingerprint density at radius 2 is 1.92 bits per heavy atom. The van der Waals surface area contributed by atoms with Gasteiger partial charge in [-0.25, -0.2) is 0 Å². The third kappa shape index (κ3) is 6.27. The second-order valence-corrected chi connectivity index (χ2v) is 12.0. The van der Waals surface area contributed by atoms with Gasteiger partial charge in [-0.3, -0.25) is 4.79 Å². The van der Waals surface area contributed by atoms with Crippen LogP contribution in [0.3, 0.4) is 0 Å². The molecule has 0 fully saturated rings. The van der Waals surface area contributed by atoms with Gasteiger partial charge in [0.15, 0.2) is 0 Å². The Morgan fingerprint density at radius 1 is 1.33 bits per heavy atom. The van der Waals surface area contributed by atoms with Gasteiger partial charge in [-0.05, 0) is 65.8 Å². The van der Waals surface area contributed by atoms with Crippen LogP contribution in [0.5, 0.6) is 11.5 Å². The summed E-state index contributed by atoms with van der Waals surface area (Å²) in [6.45, 7) is 0. The molecule has 0 amide bonds. The van der Waals surface area contributed by atoms with Gasteiger partial charge < -0.3 is 20.7 Å². The van der Waals surface area contributed by atoms with E-state index in [4.69, 9.17) is 15.6 Å². The summed E-state index contributed by atoms with van der Waals surface area (Å²) >= 11 is 6.79. The molecule has 125 valence electrons. The molecule has 1 aromatic rings. The summed E-state index contributed by atoms with van der Waals surface area (Å²) < 4.78 is 6.58. The number of halogens is 3.